The van der Waals surface area contributed by atoms with E-state index in [1.165, 1.54) is 7.11 Å². The maximum atomic E-state index is 12.6. The van der Waals surface area contributed by atoms with E-state index in [9.17, 15) is 4.79 Å². The van der Waals surface area contributed by atoms with Gasteiger partial charge in [0.2, 0.25) is 5.75 Å². The molecule has 1 aliphatic rings. The maximum Gasteiger partial charge on any atom is 0.319 e. The van der Waals surface area contributed by atoms with E-state index in [1.807, 2.05) is 30.3 Å². The van der Waals surface area contributed by atoms with E-state index in [1.54, 1.807) is 21.3 Å². The van der Waals surface area contributed by atoms with Crippen molar-refractivity contribution in [3.63, 3.8) is 0 Å². The first kappa shape index (κ1) is 23.4. The van der Waals surface area contributed by atoms with E-state index in [0.717, 1.165) is 27.9 Å². The topological polar surface area (TPSA) is 69.3 Å². The Kier molecular flexibility index (Phi) is 6.93. The Morgan fingerprint density at radius 2 is 1.56 bits per heavy atom. The van der Waals surface area contributed by atoms with Gasteiger partial charge in [-0.3, -0.25) is 9.69 Å². The van der Waals surface area contributed by atoms with Crippen LogP contribution in [-0.4, -0.2) is 45.9 Å². The van der Waals surface area contributed by atoms with Crippen LogP contribution in [0.4, 0.5) is 5.69 Å². The number of rotatable bonds is 7. The fraction of sp³-hybridized carbons (Fsp3) is 0.296. The van der Waals surface area contributed by atoms with Gasteiger partial charge in [0.15, 0.2) is 11.5 Å². The Bertz CT molecular complexity index is 1140. The number of hydrogen-bond acceptors (Lipinski definition) is 7. The van der Waals surface area contributed by atoms with E-state index in [0.29, 0.717) is 17.2 Å². The third-order valence-electron chi connectivity index (χ3n) is 6.11. The summed E-state index contributed by atoms with van der Waals surface area (Å²) in [6.45, 7) is 2.15. The first-order valence-electron chi connectivity index (χ1n) is 11.0. The van der Waals surface area contributed by atoms with Crippen LogP contribution in [0.3, 0.4) is 0 Å². The molecule has 0 saturated heterocycles. The Labute approximate surface area is 200 Å². The van der Waals surface area contributed by atoms with Gasteiger partial charge in [0, 0.05) is 5.69 Å². The van der Waals surface area contributed by atoms with Crippen LogP contribution in [0, 0.1) is 6.92 Å². The molecule has 1 N–H and O–H groups in total. The molecular weight excluding hydrogens is 432 g/mol. The molecule has 7 nitrogen and oxygen atoms in total. The van der Waals surface area contributed by atoms with E-state index >= 15 is 0 Å². The van der Waals surface area contributed by atoms with Crippen LogP contribution in [0.1, 0.15) is 34.5 Å². The number of nitrogens with one attached hydrogen (secondary N) is 1. The Hall–Kier alpha value is -3.71. The zero-order chi connectivity index (χ0) is 24.2. The lowest BCUT2D eigenvalue weighted by atomic mass is 9.90. The Morgan fingerprint density at radius 1 is 0.882 bits per heavy atom. The smallest absolute Gasteiger partial charge is 0.319 e. The highest BCUT2D eigenvalue weighted by Gasteiger charge is 2.38. The van der Waals surface area contributed by atoms with Crippen molar-refractivity contribution < 1.29 is 23.7 Å². The zero-order valence-corrected chi connectivity index (χ0v) is 20.1. The second kappa shape index (κ2) is 10.1. The summed E-state index contributed by atoms with van der Waals surface area (Å²) in [4.78, 5) is 14.7. The molecule has 0 amide bonds. The van der Waals surface area contributed by atoms with Gasteiger partial charge in [-0.05, 0) is 41.8 Å². The second-order valence-corrected chi connectivity index (χ2v) is 8.16. The summed E-state index contributed by atoms with van der Waals surface area (Å²) in [6.07, 6.45) is -0.367. The molecular formula is C27H30N2O5. The number of ether oxygens (including phenoxy) is 4. The average molecular weight is 463 g/mol. The van der Waals surface area contributed by atoms with Crippen molar-refractivity contribution in [1.82, 2.24) is 4.90 Å². The third-order valence-corrected chi connectivity index (χ3v) is 6.11. The van der Waals surface area contributed by atoms with Crippen LogP contribution in [0.15, 0.2) is 60.7 Å². The lowest BCUT2D eigenvalue weighted by molar-refractivity contribution is -0.143. The molecule has 1 aliphatic heterocycles. The highest BCUT2D eigenvalue weighted by molar-refractivity contribution is 5.72. The number of methoxy groups -OCH3 is 4. The summed E-state index contributed by atoms with van der Waals surface area (Å²) in [5, 5.41) is 3.63. The number of anilines is 1. The number of hydrogen-bond donors (Lipinski definition) is 1. The Morgan fingerprint density at radius 3 is 2.15 bits per heavy atom. The van der Waals surface area contributed by atoms with Gasteiger partial charge in [-0.25, -0.2) is 0 Å². The van der Waals surface area contributed by atoms with Crippen LogP contribution in [0.2, 0.25) is 0 Å². The fourth-order valence-electron chi connectivity index (χ4n) is 4.53. The number of esters is 1. The standard InChI is InChI=1S/C27H30N2O5/c1-17-11-12-21-20(13-17)25(18-9-7-6-8-10-18)29(16-24(30)33-4)27(28-21)19-14-22(31-2)26(34-5)23(15-19)32-3/h6-15,25,27-28H,16H2,1-5H3/t25-,27-/m0/s1. The minimum absolute atomic E-state index is 0.0811. The third kappa shape index (κ3) is 4.39. The van der Waals surface area contributed by atoms with Crippen LogP contribution >= 0.6 is 0 Å². The van der Waals surface area contributed by atoms with Crippen molar-refractivity contribution in [2.24, 2.45) is 0 Å². The van der Waals surface area contributed by atoms with Crippen molar-refractivity contribution in [3.8, 4) is 17.2 Å². The molecule has 0 saturated carbocycles. The normalized spacial score (nSPS) is 17.3. The van der Waals surface area contributed by atoms with E-state index in [-0.39, 0.29) is 24.7 Å². The van der Waals surface area contributed by atoms with Crippen molar-refractivity contribution in [1.29, 1.82) is 0 Å². The summed E-state index contributed by atoms with van der Waals surface area (Å²) in [5.74, 6) is 1.28. The van der Waals surface area contributed by atoms with Crippen molar-refractivity contribution in [2.45, 2.75) is 19.1 Å². The summed E-state index contributed by atoms with van der Waals surface area (Å²) in [5.41, 5.74) is 5.19. The molecule has 7 heteroatoms. The number of fused-ring (bicyclic) bond motifs is 1. The van der Waals surface area contributed by atoms with Gasteiger partial charge in [0.1, 0.15) is 6.17 Å². The van der Waals surface area contributed by atoms with Gasteiger partial charge in [-0.2, -0.15) is 0 Å². The monoisotopic (exact) mass is 462 g/mol. The summed E-state index contributed by atoms with van der Waals surface area (Å²) in [7, 11) is 6.16. The van der Waals surface area contributed by atoms with Crippen molar-refractivity contribution in [2.75, 3.05) is 40.3 Å². The summed E-state index contributed by atoms with van der Waals surface area (Å²) < 4.78 is 21.8. The molecule has 0 fully saturated rings. The maximum absolute atomic E-state index is 12.6. The summed E-state index contributed by atoms with van der Waals surface area (Å²) >= 11 is 0. The molecule has 0 aromatic heterocycles. The highest BCUT2D eigenvalue weighted by atomic mass is 16.5. The SMILES string of the molecule is COC(=O)CN1[C@@H](c2ccccc2)c2cc(C)ccc2N[C@@H]1c1cc(OC)c(OC)c(OC)c1. The molecule has 0 bridgehead atoms. The predicted octanol–water partition coefficient (Wildman–Crippen LogP) is 4.71. The average Bonchev–Trinajstić information content (AvgIpc) is 2.87. The molecule has 3 aromatic carbocycles. The number of carbonyl (C=O) groups is 1. The predicted molar refractivity (Wildman–Crippen MR) is 131 cm³/mol. The minimum atomic E-state index is -0.367. The van der Waals surface area contributed by atoms with E-state index < -0.39 is 0 Å². The van der Waals surface area contributed by atoms with Crippen molar-refractivity contribution in [3.05, 3.63) is 82.9 Å². The van der Waals surface area contributed by atoms with Gasteiger partial charge in [0.25, 0.3) is 0 Å². The summed E-state index contributed by atoms with van der Waals surface area (Å²) in [6, 6.07) is 20.1. The fourth-order valence-corrected chi connectivity index (χ4v) is 4.53. The van der Waals surface area contributed by atoms with Gasteiger partial charge in [-0.15, -0.1) is 0 Å². The molecule has 0 unspecified atom stereocenters. The van der Waals surface area contributed by atoms with Gasteiger partial charge in [0.05, 0.1) is 41.0 Å². The molecule has 2 atom stereocenters. The van der Waals surface area contributed by atoms with Crippen LogP contribution in [-0.2, 0) is 9.53 Å². The first-order valence-corrected chi connectivity index (χ1v) is 11.0. The number of carbonyl (C=O) groups excluding carboxylic acids is 1. The molecule has 1 heterocycles. The van der Waals surface area contributed by atoms with Gasteiger partial charge in [-0.1, -0.05) is 48.0 Å². The quantitative estimate of drug-likeness (QED) is 0.510. The highest BCUT2D eigenvalue weighted by Crippen LogP contribution is 2.47. The molecule has 178 valence electrons. The van der Waals surface area contributed by atoms with Gasteiger partial charge >= 0.3 is 5.97 Å². The van der Waals surface area contributed by atoms with Crippen molar-refractivity contribution >= 4 is 11.7 Å². The number of benzene rings is 3. The lowest BCUT2D eigenvalue weighted by Crippen LogP contribution is -2.44. The lowest BCUT2D eigenvalue weighted by Gasteiger charge is -2.44. The number of nitrogens with zero attached hydrogens (tertiary/aromatic N) is 1. The molecule has 0 radical (unpaired) electrons. The molecule has 3 aromatic rings. The zero-order valence-electron chi connectivity index (χ0n) is 20.1. The van der Waals surface area contributed by atoms with E-state index in [2.05, 4.69) is 47.5 Å². The minimum Gasteiger partial charge on any atom is -0.493 e. The van der Waals surface area contributed by atoms with Crippen LogP contribution in [0.25, 0.3) is 0 Å². The van der Waals surface area contributed by atoms with Crippen LogP contribution in [0.5, 0.6) is 17.2 Å². The Balaban J connectivity index is 1.93. The molecule has 0 aliphatic carbocycles. The second-order valence-electron chi connectivity index (χ2n) is 8.16. The number of aryl methyl sites for hydroxylation is 1. The van der Waals surface area contributed by atoms with Gasteiger partial charge < -0.3 is 24.3 Å². The van der Waals surface area contributed by atoms with Crippen LogP contribution < -0.4 is 19.5 Å². The van der Waals surface area contributed by atoms with E-state index in [4.69, 9.17) is 18.9 Å². The first-order chi connectivity index (χ1) is 16.5. The molecule has 34 heavy (non-hydrogen) atoms. The molecule has 4 rings (SSSR count). The molecule has 0 spiro atoms. The largest absolute Gasteiger partial charge is 0.493 e.